The summed E-state index contributed by atoms with van der Waals surface area (Å²) in [4.78, 5) is 28.5. The van der Waals surface area contributed by atoms with Gasteiger partial charge in [-0.05, 0) is 107 Å². The lowest BCUT2D eigenvalue weighted by Gasteiger charge is -2.62. The van der Waals surface area contributed by atoms with Crippen LogP contribution in [0.1, 0.15) is 103 Å². The molecule has 11 aliphatic rings. The molecule has 7 unspecified atom stereocenters. The third-order valence-corrected chi connectivity index (χ3v) is 17.5. The van der Waals surface area contributed by atoms with E-state index in [1.54, 1.807) is 6.92 Å². The van der Waals surface area contributed by atoms with E-state index in [-0.39, 0.29) is 62.9 Å². The average Bonchev–Trinajstić information content (AvgIpc) is 3.40. The van der Waals surface area contributed by atoms with Gasteiger partial charge < -0.3 is 37.9 Å². The van der Waals surface area contributed by atoms with Crippen LogP contribution in [0.5, 0.6) is 0 Å². The highest BCUT2D eigenvalue weighted by Crippen LogP contribution is 2.62. The topological polar surface area (TPSA) is 108 Å². The summed E-state index contributed by atoms with van der Waals surface area (Å²) in [6.45, 7) is -4.61. The summed E-state index contributed by atoms with van der Waals surface area (Å²) in [5, 5.41) is 0. The molecule has 356 valence electrons. The molecule has 0 amide bonds. The molecular formula is C45H60F8O10. The molecule has 0 N–H and O–H groups in total. The average molecular weight is 913 g/mol. The molecule has 8 bridgehead atoms. The van der Waals surface area contributed by atoms with Gasteiger partial charge in [0.2, 0.25) is 0 Å². The summed E-state index contributed by atoms with van der Waals surface area (Å²) in [6, 6.07) is 0. The third kappa shape index (κ3) is 7.64. The van der Waals surface area contributed by atoms with Gasteiger partial charge in [0.25, 0.3) is 0 Å². The van der Waals surface area contributed by atoms with E-state index in [1.807, 2.05) is 0 Å². The number of carbonyl (C=O) groups excluding carboxylic acids is 2. The van der Waals surface area contributed by atoms with Crippen LogP contribution in [-0.2, 0) is 47.5 Å². The summed E-state index contributed by atoms with van der Waals surface area (Å²) in [5.41, 5.74) is -2.17. The van der Waals surface area contributed by atoms with Crippen molar-refractivity contribution >= 4 is 11.9 Å². The Hall–Kier alpha value is -1.86. The van der Waals surface area contributed by atoms with Crippen LogP contribution in [0.15, 0.2) is 0 Å². The monoisotopic (exact) mass is 912 g/mol. The highest BCUT2D eigenvalue weighted by Gasteiger charge is 2.66. The molecule has 0 aromatic rings. The van der Waals surface area contributed by atoms with Crippen LogP contribution in [0.3, 0.4) is 0 Å². The summed E-state index contributed by atoms with van der Waals surface area (Å²) < 4.78 is 162. The fourth-order valence-electron chi connectivity index (χ4n) is 14.5. The molecule has 0 radical (unpaired) electrons. The molecule has 7 atom stereocenters. The number of esters is 2. The van der Waals surface area contributed by atoms with E-state index in [4.69, 9.17) is 37.9 Å². The third-order valence-electron chi connectivity index (χ3n) is 17.5. The Bertz CT molecular complexity index is 1690. The predicted octanol–water partition coefficient (Wildman–Crippen LogP) is 8.57. The van der Waals surface area contributed by atoms with Crippen LogP contribution >= 0.6 is 0 Å². The number of fused-ring (bicyclic) bond motifs is 5. The maximum Gasteiger partial charge on any atom is 0.335 e. The molecule has 63 heavy (non-hydrogen) atoms. The van der Waals surface area contributed by atoms with Crippen molar-refractivity contribution in [2.45, 2.75) is 145 Å². The second-order valence-corrected chi connectivity index (χ2v) is 21.9. The van der Waals surface area contributed by atoms with Gasteiger partial charge in [0.05, 0.1) is 30.0 Å². The van der Waals surface area contributed by atoms with E-state index in [2.05, 4.69) is 0 Å². The van der Waals surface area contributed by atoms with E-state index in [0.717, 1.165) is 32.1 Å². The maximum absolute atomic E-state index is 14.4. The highest BCUT2D eigenvalue weighted by molar-refractivity contribution is 5.77. The highest BCUT2D eigenvalue weighted by atomic mass is 19.3. The zero-order valence-corrected chi connectivity index (χ0v) is 35.7. The van der Waals surface area contributed by atoms with Crippen molar-refractivity contribution in [1.29, 1.82) is 0 Å². The Morgan fingerprint density at radius 3 is 1.68 bits per heavy atom. The van der Waals surface area contributed by atoms with Gasteiger partial charge in [-0.3, -0.25) is 9.59 Å². The molecule has 0 aromatic carbocycles. The number of ether oxygens (including phenoxy) is 8. The SMILES string of the molecule is CC1CC2CC(C(=O)OCC3(COC(=O)C45CCCC(CC(C6OCC(F)(F)C(F)(F)CO6)C4)C5)COC4(OC3)C3CC5CC(C3)CC4C5)CC(C2)C12OCC(F)(F)C(F)(F)CO2. The molecule has 8 aliphatic carbocycles. The van der Waals surface area contributed by atoms with Crippen LogP contribution in [0, 0.1) is 70.0 Å². The minimum atomic E-state index is -4.42. The van der Waals surface area contributed by atoms with E-state index < -0.39 is 114 Å². The van der Waals surface area contributed by atoms with Crippen LogP contribution in [0.2, 0.25) is 0 Å². The number of alkyl halides is 8. The maximum atomic E-state index is 14.4. The first-order valence-corrected chi connectivity index (χ1v) is 23.3. The summed E-state index contributed by atoms with van der Waals surface area (Å²) >= 11 is 0. The van der Waals surface area contributed by atoms with E-state index >= 15 is 0 Å². The normalized spacial score (nSPS) is 46.7. The Balaban J connectivity index is 0.844. The summed E-state index contributed by atoms with van der Waals surface area (Å²) in [7, 11) is 0. The minimum absolute atomic E-state index is 0.00607. The number of hydrogen-bond donors (Lipinski definition) is 0. The van der Waals surface area contributed by atoms with Gasteiger partial charge in [-0.25, -0.2) is 0 Å². The Morgan fingerprint density at radius 2 is 1.08 bits per heavy atom. The second-order valence-electron chi connectivity index (χ2n) is 21.9. The van der Waals surface area contributed by atoms with Gasteiger partial charge in [-0.15, -0.1) is 0 Å². The first-order chi connectivity index (χ1) is 29.7. The Kier molecular flexibility index (Phi) is 11.1. The molecule has 11 fully saturated rings. The molecule has 10 nitrogen and oxygen atoms in total. The van der Waals surface area contributed by atoms with E-state index in [1.165, 1.54) is 6.42 Å². The first-order valence-electron chi connectivity index (χ1n) is 23.3. The lowest BCUT2D eigenvalue weighted by atomic mass is 9.53. The zero-order valence-electron chi connectivity index (χ0n) is 35.7. The van der Waals surface area contributed by atoms with Crippen molar-refractivity contribution in [1.82, 2.24) is 0 Å². The van der Waals surface area contributed by atoms with Crippen molar-refractivity contribution in [2.24, 2.45) is 70.0 Å². The van der Waals surface area contributed by atoms with Gasteiger partial charge in [0, 0.05) is 29.6 Å². The lowest BCUT2D eigenvalue weighted by Crippen LogP contribution is -2.65. The fraction of sp³-hybridized carbons (Fsp3) is 0.956. The minimum Gasteiger partial charge on any atom is -0.465 e. The number of carbonyl (C=O) groups is 2. The van der Waals surface area contributed by atoms with Crippen molar-refractivity contribution in [3.8, 4) is 0 Å². The van der Waals surface area contributed by atoms with Gasteiger partial charge in [-0.1, -0.05) is 19.8 Å². The standard InChI is InChI=1S/C45H60F8O10/c1-25-5-27-8-30(14-34(9-27)44(25)62-23-42(50,51)43(52,53)24-63-44)35(54)56-17-38(19-60-45(61-20-38)32-10-28-6-29(12-32)13-33(45)11-28)18-59-37(55)39-4-2-3-26(15-39)7-31(16-39)36-57-21-40(46,47)41(48,49)22-58-36/h25-34,36H,2-24H2,1H3. The number of hydrogen-bond acceptors (Lipinski definition) is 10. The quantitative estimate of drug-likeness (QED) is 0.182. The molecular weight excluding hydrogens is 852 g/mol. The Morgan fingerprint density at radius 1 is 0.556 bits per heavy atom. The van der Waals surface area contributed by atoms with Crippen molar-refractivity contribution < 1.29 is 82.6 Å². The van der Waals surface area contributed by atoms with Gasteiger partial charge >= 0.3 is 35.6 Å². The molecule has 0 aromatic heterocycles. The zero-order chi connectivity index (χ0) is 44.4. The Labute approximate surface area is 361 Å². The van der Waals surface area contributed by atoms with Crippen molar-refractivity contribution in [3.05, 3.63) is 0 Å². The predicted molar refractivity (Wildman–Crippen MR) is 201 cm³/mol. The van der Waals surface area contributed by atoms with Crippen LogP contribution in [0.4, 0.5) is 35.1 Å². The molecule has 18 heteroatoms. The molecule has 3 saturated heterocycles. The molecule has 3 heterocycles. The lowest BCUT2D eigenvalue weighted by molar-refractivity contribution is -0.385. The van der Waals surface area contributed by atoms with Gasteiger partial charge in [0.15, 0.2) is 17.9 Å². The fourth-order valence-corrected chi connectivity index (χ4v) is 14.5. The van der Waals surface area contributed by atoms with Crippen molar-refractivity contribution in [3.63, 3.8) is 0 Å². The first kappa shape index (κ1) is 44.9. The van der Waals surface area contributed by atoms with Crippen LogP contribution in [-0.4, -0.2) is 106 Å². The van der Waals surface area contributed by atoms with Gasteiger partial charge in [-0.2, -0.15) is 35.1 Å². The van der Waals surface area contributed by atoms with E-state index in [0.29, 0.717) is 56.8 Å². The van der Waals surface area contributed by atoms with Crippen LogP contribution in [0.25, 0.3) is 0 Å². The van der Waals surface area contributed by atoms with Crippen LogP contribution < -0.4 is 0 Å². The largest absolute Gasteiger partial charge is 0.465 e. The molecule has 8 saturated carbocycles. The van der Waals surface area contributed by atoms with Gasteiger partial charge in [0.1, 0.15) is 39.6 Å². The van der Waals surface area contributed by atoms with Crippen molar-refractivity contribution in [2.75, 3.05) is 52.9 Å². The number of halogens is 8. The second kappa shape index (κ2) is 15.6. The molecule has 3 aliphatic heterocycles. The number of rotatable bonds is 7. The van der Waals surface area contributed by atoms with E-state index in [9.17, 15) is 44.7 Å². The molecule has 2 spiro atoms. The smallest absolute Gasteiger partial charge is 0.335 e. The summed E-state index contributed by atoms with van der Waals surface area (Å²) in [5.74, 6) is -22.0. The molecule has 11 rings (SSSR count). The summed E-state index contributed by atoms with van der Waals surface area (Å²) in [6.07, 6.45) is 8.33.